The van der Waals surface area contributed by atoms with Crippen LogP contribution >= 0.6 is 0 Å². The Kier molecular flexibility index (Phi) is 9.41. The maximum atomic E-state index is 13.9. The zero-order valence-electron chi connectivity index (χ0n) is 27.2. The number of piperidine rings is 1. The Morgan fingerprint density at radius 2 is 1.83 bits per heavy atom. The Morgan fingerprint density at radius 1 is 1.08 bits per heavy atom. The lowest BCUT2D eigenvalue weighted by Gasteiger charge is -2.34. The molecule has 4 aromatic rings. The molecule has 0 atom stereocenters. The number of aromatic amines is 1. The number of H-pyrrole nitrogens is 1. The fourth-order valence-electron chi connectivity index (χ4n) is 6.89. The number of carboxylic acids is 1. The average Bonchev–Trinajstić information content (AvgIpc) is 3.71. The molecule has 15 heteroatoms. The van der Waals surface area contributed by atoms with Gasteiger partial charge in [0.15, 0.2) is 11.5 Å². The van der Waals surface area contributed by atoms with Crippen LogP contribution in [-0.2, 0) is 15.7 Å². The molecule has 0 bridgehead atoms. The number of nitrogens with one attached hydrogen (secondary N) is 1. The largest absolute Gasteiger partial charge is 0.481 e. The van der Waals surface area contributed by atoms with Crippen molar-refractivity contribution in [3.05, 3.63) is 36.3 Å². The average molecular weight is 669 g/mol. The standard InChI is InChI=1S/C33H39F3N8O4/c1-4-48-27-14-21(13-25(40-27)33(34,35)36)22-15-24(43(2)18-32(19-47-3)9-5-6-10-32)28-30(39-22)42-29(41-28)23-16-38-26(17-37-23)44-11-7-20(8-12-44)31(45)46/h13-17,20H,4-12,18-19H2,1-3H3,(H,45,46)(H,39,41,42). The highest BCUT2D eigenvalue weighted by Crippen LogP contribution is 2.41. The molecule has 0 aromatic carbocycles. The molecule has 1 aliphatic carbocycles. The highest BCUT2D eigenvalue weighted by molar-refractivity contribution is 5.91. The van der Waals surface area contributed by atoms with Gasteiger partial charge in [-0.3, -0.25) is 4.79 Å². The number of fused-ring (bicyclic) bond motifs is 1. The number of nitrogens with zero attached hydrogens (tertiary/aromatic N) is 7. The van der Waals surface area contributed by atoms with Crippen molar-refractivity contribution in [2.24, 2.45) is 11.3 Å². The van der Waals surface area contributed by atoms with Gasteiger partial charge >= 0.3 is 12.1 Å². The van der Waals surface area contributed by atoms with Gasteiger partial charge in [0.2, 0.25) is 5.88 Å². The Labute approximate surface area is 275 Å². The van der Waals surface area contributed by atoms with Crippen LogP contribution in [0, 0.1) is 11.3 Å². The van der Waals surface area contributed by atoms with Crippen molar-refractivity contribution in [1.29, 1.82) is 0 Å². The molecule has 1 saturated heterocycles. The molecule has 6 rings (SSSR count). The Morgan fingerprint density at radius 3 is 2.46 bits per heavy atom. The minimum absolute atomic E-state index is 0.0649. The number of aliphatic carboxylic acids is 1. The molecular formula is C33H39F3N8O4. The summed E-state index contributed by atoms with van der Waals surface area (Å²) in [5, 5.41) is 9.31. The third kappa shape index (κ3) is 7.00. The fraction of sp³-hybridized carbons (Fsp3) is 0.515. The van der Waals surface area contributed by atoms with E-state index in [9.17, 15) is 23.1 Å². The normalized spacial score (nSPS) is 16.8. The topological polar surface area (TPSA) is 142 Å². The van der Waals surface area contributed by atoms with Crippen LogP contribution in [0.5, 0.6) is 5.88 Å². The lowest BCUT2D eigenvalue weighted by molar-refractivity contribution is -0.142. The quantitative estimate of drug-likeness (QED) is 0.199. The van der Waals surface area contributed by atoms with Crippen molar-refractivity contribution in [3.8, 4) is 28.7 Å². The van der Waals surface area contributed by atoms with Gasteiger partial charge in [0.25, 0.3) is 0 Å². The number of aromatic nitrogens is 6. The number of rotatable bonds is 11. The van der Waals surface area contributed by atoms with Gasteiger partial charge in [-0.25, -0.2) is 24.9 Å². The van der Waals surface area contributed by atoms with Crippen molar-refractivity contribution in [3.63, 3.8) is 0 Å². The summed E-state index contributed by atoms with van der Waals surface area (Å²) >= 11 is 0. The Bertz CT molecular complexity index is 1750. The molecule has 0 radical (unpaired) electrons. The Hall–Kier alpha value is -4.53. The van der Waals surface area contributed by atoms with Gasteiger partial charge in [-0.1, -0.05) is 12.8 Å². The van der Waals surface area contributed by atoms with E-state index < -0.39 is 17.8 Å². The first-order chi connectivity index (χ1) is 23.0. The van der Waals surface area contributed by atoms with E-state index in [2.05, 4.69) is 24.8 Å². The van der Waals surface area contributed by atoms with E-state index in [0.29, 0.717) is 73.3 Å². The summed E-state index contributed by atoms with van der Waals surface area (Å²) < 4.78 is 52.7. The number of hydrogen-bond acceptors (Lipinski definition) is 10. The molecule has 5 heterocycles. The van der Waals surface area contributed by atoms with Crippen LogP contribution in [0.4, 0.5) is 24.7 Å². The van der Waals surface area contributed by atoms with Gasteiger partial charge in [-0.15, -0.1) is 0 Å². The van der Waals surface area contributed by atoms with E-state index >= 15 is 0 Å². The molecular weight excluding hydrogens is 629 g/mol. The number of carbonyl (C=O) groups is 1. The van der Waals surface area contributed by atoms with Crippen molar-refractivity contribution < 1.29 is 32.5 Å². The number of anilines is 2. The van der Waals surface area contributed by atoms with Crippen LogP contribution in [0.15, 0.2) is 30.6 Å². The van der Waals surface area contributed by atoms with Gasteiger partial charge < -0.3 is 29.4 Å². The first-order valence-electron chi connectivity index (χ1n) is 16.1. The molecule has 2 N–H and O–H groups in total. The van der Waals surface area contributed by atoms with Crippen molar-refractivity contribution in [2.75, 3.05) is 56.8 Å². The van der Waals surface area contributed by atoms with E-state index in [-0.39, 0.29) is 35.1 Å². The lowest BCUT2D eigenvalue weighted by Crippen LogP contribution is -2.37. The van der Waals surface area contributed by atoms with Gasteiger partial charge in [-0.05, 0) is 44.7 Å². The van der Waals surface area contributed by atoms with Crippen LogP contribution in [0.2, 0.25) is 0 Å². The predicted octanol–water partition coefficient (Wildman–Crippen LogP) is 5.84. The van der Waals surface area contributed by atoms with E-state index in [1.807, 2.05) is 11.9 Å². The fourth-order valence-corrected chi connectivity index (χ4v) is 6.89. The summed E-state index contributed by atoms with van der Waals surface area (Å²) in [4.78, 5) is 41.1. The number of alkyl halides is 3. The summed E-state index contributed by atoms with van der Waals surface area (Å²) in [5.74, 6) is -0.234. The first kappa shape index (κ1) is 33.4. The van der Waals surface area contributed by atoms with Crippen LogP contribution in [-0.4, -0.2) is 88.0 Å². The molecule has 1 aliphatic heterocycles. The van der Waals surface area contributed by atoms with Crippen molar-refractivity contribution in [1.82, 2.24) is 29.9 Å². The second-order valence-electron chi connectivity index (χ2n) is 12.7. The molecule has 2 aliphatic rings. The van der Waals surface area contributed by atoms with E-state index in [4.69, 9.17) is 19.4 Å². The minimum Gasteiger partial charge on any atom is -0.481 e. The number of carboxylic acid groups (broad SMARTS) is 1. The number of halogens is 3. The van der Waals surface area contributed by atoms with Gasteiger partial charge in [0, 0.05) is 50.8 Å². The third-order valence-electron chi connectivity index (χ3n) is 9.27. The zero-order valence-corrected chi connectivity index (χ0v) is 27.2. The molecule has 48 heavy (non-hydrogen) atoms. The van der Waals surface area contributed by atoms with Crippen molar-refractivity contribution >= 4 is 28.6 Å². The summed E-state index contributed by atoms with van der Waals surface area (Å²) in [7, 11) is 3.65. The van der Waals surface area contributed by atoms with E-state index in [1.165, 1.54) is 6.07 Å². The first-order valence-corrected chi connectivity index (χ1v) is 16.1. The smallest absolute Gasteiger partial charge is 0.433 e. The maximum absolute atomic E-state index is 13.9. The molecule has 0 spiro atoms. The number of hydrogen-bond donors (Lipinski definition) is 2. The third-order valence-corrected chi connectivity index (χ3v) is 9.27. The summed E-state index contributed by atoms with van der Waals surface area (Å²) in [6.07, 6.45) is 3.84. The number of methoxy groups -OCH3 is 1. The highest BCUT2D eigenvalue weighted by Gasteiger charge is 2.36. The molecule has 4 aromatic heterocycles. The summed E-state index contributed by atoms with van der Waals surface area (Å²) in [5.41, 5.74) is 1.44. The molecule has 0 unspecified atom stereocenters. The molecule has 1 saturated carbocycles. The van der Waals surface area contributed by atoms with Crippen LogP contribution < -0.4 is 14.5 Å². The highest BCUT2D eigenvalue weighted by atomic mass is 19.4. The number of imidazole rings is 1. The van der Waals surface area contributed by atoms with E-state index in [1.54, 1.807) is 32.5 Å². The number of pyridine rings is 2. The second kappa shape index (κ2) is 13.5. The zero-order chi connectivity index (χ0) is 34.1. The van der Waals surface area contributed by atoms with Crippen molar-refractivity contribution in [2.45, 2.75) is 51.6 Å². The SMILES string of the molecule is CCOc1cc(-c2cc(N(C)CC3(COC)CCCC3)c3[nH]c(-c4cnc(N5CCC(C(=O)O)CC5)cn4)nc3n2)cc(C(F)(F)F)n1. The summed E-state index contributed by atoms with van der Waals surface area (Å²) in [6, 6.07) is 4.19. The van der Waals surface area contributed by atoms with Crippen LogP contribution in [0.3, 0.4) is 0 Å². The monoisotopic (exact) mass is 668 g/mol. The summed E-state index contributed by atoms with van der Waals surface area (Å²) in [6.45, 7) is 4.23. The molecule has 0 amide bonds. The minimum atomic E-state index is -4.68. The van der Waals surface area contributed by atoms with Crippen LogP contribution in [0.25, 0.3) is 33.9 Å². The van der Waals surface area contributed by atoms with Crippen LogP contribution in [0.1, 0.15) is 51.1 Å². The molecule has 2 fully saturated rings. The maximum Gasteiger partial charge on any atom is 0.433 e. The van der Waals surface area contributed by atoms with Gasteiger partial charge in [-0.2, -0.15) is 13.2 Å². The lowest BCUT2D eigenvalue weighted by atomic mass is 9.86. The molecule has 256 valence electrons. The molecule has 12 nitrogen and oxygen atoms in total. The van der Waals surface area contributed by atoms with Gasteiger partial charge in [0.1, 0.15) is 22.7 Å². The van der Waals surface area contributed by atoms with Gasteiger partial charge in [0.05, 0.1) is 42.9 Å². The predicted molar refractivity (Wildman–Crippen MR) is 173 cm³/mol. The number of ether oxygens (including phenoxy) is 2. The van der Waals surface area contributed by atoms with E-state index in [0.717, 1.165) is 31.7 Å². The Balaban J connectivity index is 1.39. The second-order valence-corrected chi connectivity index (χ2v) is 12.7.